The lowest BCUT2D eigenvalue weighted by molar-refractivity contribution is 0.192. The zero-order valence-corrected chi connectivity index (χ0v) is 8.97. The second-order valence-electron chi connectivity index (χ2n) is 3.30. The standard InChI is InChI=1S/C11H16OS/c1-9-3-5-11(6-4-9)13-8-7-10(2)12/h3-6,10,12H,7-8H2,1-2H3. The summed E-state index contributed by atoms with van der Waals surface area (Å²) >= 11 is 1.80. The van der Waals surface area contributed by atoms with E-state index in [1.54, 1.807) is 11.8 Å². The Bertz CT molecular complexity index is 241. The van der Waals surface area contributed by atoms with E-state index in [-0.39, 0.29) is 6.10 Å². The van der Waals surface area contributed by atoms with Gasteiger partial charge in [0.25, 0.3) is 0 Å². The van der Waals surface area contributed by atoms with Gasteiger partial charge in [-0.2, -0.15) is 0 Å². The van der Waals surface area contributed by atoms with Crippen LogP contribution in [0.2, 0.25) is 0 Å². The first-order valence-electron chi connectivity index (χ1n) is 4.56. The van der Waals surface area contributed by atoms with E-state index in [1.807, 2.05) is 6.92 Å². The molecule has 0 amide bonds. The highest BCUT2D eigenvalue weighted by Gasteiger charge is 1.97. The van der Waals surface area contributed by atoms with Crippen molar-refractivity contribution in [1.29, 1.82) is 0 Å². The molecule has 1 nitrogen and oxygen atoms in total. The van der Waals surface area contributed by atoms with Crippen molar-refractivity contribution in [2.75, 3.05) is 5.75 Å². The van der Waals surface area contributed by atoms with Gasteiger partial charge in [-0.3, -0.25) is 0 Å². The first-order chi connectivity index (χ1) is 6.18. The number of aliphatic hydroxyl groups is 1. The van der Waals surface area contributed by atoms with Gasteiger partial charge in [-0.15, -0.1) is 11.8 Å². The third kappa shape index (κ3) is 4.34. The Kier molecular flexibility index (Phi) is 4.33. The monoisotopic (exact) mass is 196 g/mol. The third-order valence-electron chi connectivity index (χ3n) is 1.83. The predicted molar refractivity (Wildman–Crippen MR) is 58.2 cm³/mol. The van der Waals surface area contributed by atoms with Crippen LogP contribution in [0.25, 0.3) is 0 Å². The number of aliphatic hydroxyl groups excluding tert-OH is 1. The summed E-state index contributed by atoms with van der Waals surface area (Å²) in [5.74, 6) is 0.987. The van der Waals surface area contributed by atoms with Gasteiger partial charge in [-0.1, -0.05) is 17.7 Å². The van der Waals surface area contributed by atoms with Gasteiger partial charge in [-0.25, -0.2) is 0 Å². The molecule has 1 atom stereocenters. The van der Waals surface area contributed by atoms with Gasteiger partial charge in [0.1, 0.15) is 0 Å². The number of rotatable bonds is 4. The summed E-state index contributed by atoms with van der Waals surface area (Å²) in [6, 6.07) is 8.49. The average Bonchev–Trinajstić information content (AvgIpc) is 2.08. The average molecular weight is 196 g/mol. The smallest absolute Gasteiger partial charge is 0.0520 e. The SMILES string of the molecule is Cc1ccc(SCCC(C)O)cc1. The summed E-state index contributed by atoms with van der Waals surface area (Å²) in [5, 5.41) is 9.06. The lowest BCUT2D eigenvalue weighted by atomic mass is 10.2. The summed E-state index contributed by atoms with van der Waals surface area (Å²) in [6.07, 6.45) is 0.677. The summed E-state index contributed by atoms with van der Waals surface area (Å²) in [6.45, 7) is 3.92. The molecule has 1 N–H and O–H groups in total. The first-order valence-corrected chi connectivity index (χ1v) is 5.54. The normalized spacial score (nSPS) is 12.8. The molecular weight excluding hydrogens is 180 g/mol. The largest absolute Gasteiger partial charge is 0.393 e. The molecule has 2 heteroatoms. The van der Waals surface area contributed by atoms with Crippen LogP contribution >= 0.6 is 11.8 Å². The van der Waals surface area contributed by atoms with Crippen molar-refractivity contribution in [3.8, 4) is 0 Å². The van der Waals surface area contributed by atoms with E-state index in [9.17, 15) is 0 Å². The van der Waals surface area contributed by atoms with Crippen LogP contribution in [0, 0.1) is 6.92 Å². The van der Waals surface area contributed by atoms with E-state index in [1.165, 1.54) is 10.5 Å². The van der Waals surface area contributed by atoms with Gasteiger partial charge in [0.2, 0.25) is 0 Å². The molecule has 13 heavy (non-hydrogen) atoms. The fourth-order valence-electron chi connectivity index (χ4n) is 0.982. The molecule has 0 spiro atoms. The molecule has 0 aliphatic rings. The molecule has 72 valence electrons. The number of hydrogen-bond donors (Lipinski definition) is 1. The molecule has 0 fully saturated rings. The van der Waals surface area contributed by atoms with Crippen molar-refractivity contribution in [3.63, 3.8) is 0 Å². The second kappa shape index (κ2) is 5.30. The molecule has 1 aromatic carbocycles. The number of thioether (sulfide) groups is 1. The van der Waals surface area contributed by atoms with Crippen molar-refractivity contribution >= 4 is 11.8 Å². The van der Waals surface area contributed by atoms with E-state index in [2.05, 4.69) is 31.2 Å². The van der Waals surface area contributed by atoms with Crippen LogP contribution in [0.5, 0.6) is 0 Å². The lowest BCUT2D eigenvalue weighted by Crippen LogP contribution is -2.00. The molecule has 0 aliphatic carbocycles. The van der Waals surface area contributed by atoms with Crippen LogP contribution in [0.15, 0.2) is 29.2 Å². The molecular formula is C11H16OS. The van der Waals surface area contributed by atoms with E-state index < -0.39 is 0 Å². The Balaban J connectivity index is 2.33. The van der Waals surface area contributed by atoms with Crippen LogP contribution in [-0.2, 0) is 0 Å². The van der Waals surface area contributed by atoms with Crippen LogP contribution in [0.3, 0.4) is 0 Å². The van der Waals surface area contributed by atoms with Crippen molar-refractivity contribution < 1.29 is 5.11 Å². The Hall–Kier alpha value is -0.470. The molecule has 0 aliphatic heterocycles. The predicted octanol–water partition coefficient (Wildman–Crippen LogP) is 2.86. The van der Waals surface area contributed by atoms with Crippen molar-refractivity contribution in [2.45, 2.75) is 31.3 Å². The number of hydrogen-bond acceptors (Lipinski definition) is 2. The minimum Gasteiger partial charge on any atom is -0.393 e. The van der Waals surface area contributed by atoms with Crippen LogP contribution in [0.4, 0.5) is 0 Å². The molecule has 0 heterocycles. The Morgan fingerprint density at radius 1 is 1.31 bits per heavy atom. The highest BCUT2D eigenvalue weighted by atomic mass is 32.2. The summed E-state index contributed by atoms with van der Waals surface area (Å²) in [7, 11) is 0. The maximum atomic E-state index is 9.06. The fourth-order valence-corrected chi connectivity index (χ4v) is 2.01. The third-order valence-corrected chi connectivity index (χ3v) is 2.87. The van der Waals surface area contributed by atoms with Crippen molar-refractivity contribution in [2.24, 2.45) is 0 Å². The molecule has 0 radical (unpaired) electrons. The van der Waals surface area contributed by atoms with Crippen LogP contribution in [0.1, 0.15) is 18.9 Å². The molecule has 1 unspecified atom stereocenters. The molecule has 0 bridgehead atoms. The van der Waals surface area contributed by atoms with E-state index >= 15 is 0 Å². The van der Waals surface area contributed by atoms with Crippen molar-refractivity contribution in [1.82, 2.24) is 0 Å². The minimum absolute atomic E-state index is 0.182. The van der Waals surface area contributed by atoms with Gasteiger partial charge in [0, 0.05) is 10.6 Å². The van der Waals surface area contributed by atoms with Gasteiger partial charge in [0.15, 0.2) is 0 Å². The lowest BCUT2D eigenvalue weighted by Gasteiger charge is -2.03. The highest BCUT2D eigenvalue weighted by Crippen LogP contribution is 2.19. The maximum absolute atomic E-state index is 9.06. The summed E-state index contributed by atoms with van der Waals surface area (Å²) in [4.78, 5) is 1.28. The summed E-state index contributed by atoms with van der Waals surface area (Å²) in [5.41, 5.74) is 1.29. The van der Waals surface area contributed by atoms with Crippen molar-refractivity contribution in [3.05, 3.63) is 29.8 Å². The Labute approximate surface area is 84.2 Å². The van der Waals surface area contributed by atoms with E-state index in [0.29, 0.717) is 0 Å². The highest BCUT2D eigenvalue weighted by molar-refractivity contribution is 7.99. The topological polar surface area (TPSA) is 20.2 Å². The van der Waals surface area contributed by atoms with E-state index in [4.69, 9.17) is 5.11 Å². The molecule has 1 aromatic rings. The summed E-state index contributed by atoms with van der Waals surface area (Å²) < 4.78 is 0. The Morgan fingerprint density at radius 2 is 1.92 bits per heavy atom. The van der Waals surface area contributed by atoms with Gasteiger partial charge < -0.3 is 5.11 Å². The molecule has 1 rings (SSSR count). The van der Waals surface area contributed by atoms with Gasteiger partial charge in [0.05, 0.1) is 6.10 Å². The van der Waals surface area contributed by atoms with Crippen LogP contribution in [-0.4, -0.2) is 17.0 Å². The maximum Gasteiger partial charge on any atom is 0.0520 e. The van der Waals surface area contributed by atoms with Crippen LogP contribution < -0.4 is 0 Å². The van der Waals surface area contributed by atoms with Gasteiger partial charge >= 0.3 is 0 Å². The van der Waals surface area contributed by atoms with E-state index in [0.717, 1.165) is 12.2 Å². The zero-order chi connectivity index (χ0) is 9.68. The molecule has 0 aromatic heterocycles. The number of aryl methyl sites for hydroxylation is 1. The molecule has 0 saturated carbocycles. The second-order valence-corrected chi connectivity index (χ2v) is 4.47. The molecule has 0 saturated heterocycles. The quantitative estimate of drug-likeness (QED) is 0.747. The zero-order valence-electron chi connectivity index (χ0n) is 8.16. The fraction of sp³-hybridized carbons (Fsp3) is 0.455. The Morgan fingerprint density at radius 3 is 2.46 bits per heavy atom. The number of benzene rings is 1. The van der Waals surface area contributed by atoms with Gasteiger partial charge in [-0.05, 0) is 32.4 Å². The first kappa shape index (κ1) is 10.6. The minimum atomic E-state index is -0.182.